The molecule has 0 saturated carbocycles. The standard InChI is InChI=1S/C9H14N4O/c1-2-3-12-9(14)8(10)4-7-5-11-6-13-7/h2,5-6,8H,1,3-4,10H2,(H,11,13)(H,12,14)/t8-/m0/s1. The van der Waals surface area contributed by atoms with Crippen molar-refractivity contribution in [2.75, 3.05) is 6.54 Å². The molecule has 1 atom stereocenters. The number of nitrogens with one attached hydrogen (secondary N) is 2. The van der Waals surface area contributed by atoms with Crippen molar-refractivity contribution in [1.82, 2.24) is 15.3 Å². The van der Waals surface area contributed by atoms with E-state index in [0.717, 1.165) is 5.69 Å². The first-order chi connectivity index (χ1) is 6.74. The maximum Gasteiger partial charge on any atom is 0.237 e. The summed E-state index contributed by atoms with van der Waals surface area (Å²) in [6.45, 7) is 3.94. The fourth-order valence-corrected chi connectivity index (χ4v) is 1.03. The Bertz CT molecular complexity index is 294. The number of hydrogen-bond donors (Lipinski definition) is 3. The van der Waals surface area contributed by atoms with Gasteiger partial charge in [0.25, 0.3) is 0 Å². The highest BCUT2D eigenvalue weighted by Crippen LogP contribution is 1.95. The lowest BCUT2D eigenvalue weighted by Gasteiger charge is -2.09. The highest BCUT2D eigenvalue weighted by Gasteiger charge is 2.13. The molecule has 1 aromatic rings. The Kier molecular flexibility index (Phi) is 3.87. The number of carbonyl (C=O) groups excluding carboxylic acids is 1. The third-order valence-electron chi connectivity index (χ3n) is 1.75. The molecule has 0 radical (unpaired) electrons. The maximum atomic E-state index is 11.3. The van der Waals surface area contributed by atoms with Gasteiger partial charge in [0, 0.05) is 24.9 Å². The summed E-state index contributed by atoms with van der Waals surface area (Å²) in [5.74, 6) is -0.181. The van der Waals surface area contributed by atoms with E-state index in [1.807, 2.05) is 0 Å². The van der Waals surface area contributed by atoms with Crippen LogP contribution in [0.3, 0.4) is 0 Å². The number of aromatic amines is 1. The first-order valence-corrected chi connectivity index (χ1v) is 4.35. The summed E-state index contributed by atoms with van der Waals surface area (Å²) in [7, 11) is 0. The van der Waals surface area contributed by atoms with E-state index in [2.05, 4.69) is 21.9 Å². The van der Waals surface area contributed by atoms with Crippen LogP contribution in [0.5, 0.6) is 0 Å². The number of imidazole rings is 1. The van der Waals surface area contributed by atoms with Gasteiger partial charge in [0.15, 0.2) is 0 Å². The zero-order valence-electron chi connectivity index (χ0n) is 7.86. The quantitative estimate of drug-likeness (QED) is 0.557. The molecule has 76 valence electrons. The minimum atomic E-state index is -0.546. The number of rotatable bonds is 5. The Hall–Kier alpha value is -1.62. The second kappa shape index (κ2) is 5.18. The molecule has 0 bridgehead atoms. The average molecular weight is 194 g/mol. The number of nitrogens with zero attached hydrogens (tertiary/aromatic N) is 1. The van der Waals surface area contributed by atoms with Crippen LogP contribution in [-0.2, 0) is 11.2 Å². The zero-order valence-corrected chi connectivity index (χ0v) is 7.86. The SMILES string of the molecule is C=CCNC(=O)[C@@H](N)Cc1cnc[nH]1. The van der Waals surface area contributed by atoms with Crippen LogP contribution in [0.25, 0.3) is 0 Å². The predicted octanol–water partition coefficient (Wildman–Crippen LogP) is -0.418. The first-order valence-electron chi connectivity index (χ1n) is 4.35. The monoisotopic (exact) mass is 194 g/mol. The number of H-pyrrole nitrogens is 1. The molecule has 0 saturated heterocycles. The van der Waals surface area contributed by atoms with Crippen LogP contribution in [0, 0.1) is 0 Å². The second-order valence-corrected chi connectivity index (χ2v) is 2.92. The van der Waals surface area contributed by atoms with Gasteiger partial charge in [-0.05, 0) is 0 Å². The summed E-state index contributed by atoms with van der Waals surface area (Å²) in [5.41, 5.74) is 6.51. The lowest BCUT2D eigenvalue weighted by Crippen LogP contribution is -2.42. The van der Waals surface area contributed by atoms with Crippen molar-refractivity contribution in [3.05, 3.63) is 30.9 Å². The van der Waals surface area contributed by atoms with Gasteiger partial charge in [-0.25, -0.2) is 4.98 Å². The van der Waals surface area contributed by atoms with Gasteiger partial charge in [-0.1, -0.05) is 6.08 Å². The molecule has 0 aliphatic carbocycles. The molecule has 4 N–H and O–H groups in total. The minimum Gasteiger partial charge on any atom is -0.351 e. The van der Waals surface area contributed by atoms with Crippen LogP contribution in [0.1, 0.15) is 5.69 Å². The second-order valence-electron chi connectivity index (χ2n) is 2.92. The maximum absolute atomic E-state index is 11.3. The third-order valence-corrected chi connectivity index (χ3v) is 1.75. The number of amides is 1. The molecule has 0 unspecified atom stereocenters. The normalized spacial score (nSPS) is 12.1. The lowest BCUT2D eigenvalue weighted by atomic mass is 10.1. The number of nitrogens with two attached hydrogens (primary N) is 1. The third kappa shape index (κ3) is 3.02. The lowest BCUT2D eigenvalue weighted by molar-refractivity contribution is -0.122. The Labute approximate surface area is 82.4 Å². The van der Waals surface area contributed by atoms with Crippen molar-refractivity contribution < 1.29 is 4.79 Å². The summed E-state index contributed by atoms with van der Waals surface area (Å²) in [5, 5.41) is 2.63. The molecule has 0 aromatic carbocycles. The van der Waals surface area contributed by atoms with Crippen LogP contribution in [0.4, 0.5) is 0 Å². The van der Waals surface area contributed by atoms with E-state index in [0.29, 0.717) is 13.0 Å². The number of hydrogen-bond acceptors (Lipinski definition) is 3. The van der Waals surface area contributed by atoms with Gasteiger partial charge >= 0.3 is 0 Å². The van der Waals surface area contributed by atoms with E-state index in [-0.39, 0.29) is 5.91 Å². The number of aromatic nitrogens is 2. The molecule has 1 rings (SSSR count). The molecular formula is C9H14N4O. The Balaban J connectivity index is 2.37. The summed E-state index contributed by atoms with van der Waals surface area (Å²) >= 11 is 0. The van der Waals surface area contributed by atoms with Crippen molar-refractivity contribution in [3.63, 3.8) is 0 Å². The van der Waals surface area contributed by atoms with Gasteiger partial charge in [0.2, 0.25) is 5.91 Å². The van der Waals surface area contributed by atoms with Gasteiger partial charge in [0.1, 0.15) is 0 Å². The Morgan fingerprint density at radius 2 is 2.64 bits per heavy atom. The van der Waals surface area contributed by atoms with E-state index in [1.165, 1.54) is 0 Å². The van der Waals surface area contributed by atoms with Crippen LogP contribution in [0.15, 0.2) is 25.2 Å². The molecule has 1 heterocycles. The van der Waals surface area contributed by atoms with Crippen LogP contribution >= 0.6 is 0 Å². The summed E-state index contributed by atoms with van der Waals surface area (Å²) < 4.78 is 0. The summed E-state index contributed by atoms with van der Waals surface area (Å²) in [6, 6.07) is -0.546. The number of carbonyl (C=O) groups is 1. The van der Waals surface area contributed by atoms with E-state index in [4.69, 9.17) is 5.73 Å². The van der Waals surface area contributed by atoms with E-state index < -0.39 is 6.04 Å². The molecule has 5 nitrogen and oxygen atoms in total. The van der Waals surface area contributed by atoms with Crippen molar-refractivity contribution in [2.24, 2.45) is 5.73 Å². The largest absolute Gasteiger partial charge is 0.351 e. The fraction of sp³-hybridized carbons (Fsp3) is 0.333. The van der Waals surface area contributed by atoms with Gasteiger partial charge in [-0.15, -0.1) is 6.58 Å². The first kappa shape index (κ1) is 10.5. The smallest absolute Gasteiger partial charge is 0.237 e. The summed E-state index contributed by atoms with van der Waals surface area (Å²) in [4.78, 5) is 18.0. The molecular weight excluding hydrogens is 180 g/mol. The van der Waals surface area contributed by atoms with E-state index in [9.17, 15) is 4.79 Å². The molecule has 0 aliphatic rings. The van der Waals surface area contributed by atoms with Crippen molar-refractivity contribution >= 4 is 5.91 Å². The average Bonchev–Trinajstić information content (AvgIpc) is 2.66. The molecule has 1 aromatic heterocycles. The Morgan fingerprint density at radius 3 is 3.21 bits per heavy atom. The van der Waals surface area contributed by atoms with Gasteiger partial charge in [0.05, 0.1) is 12.4 Å². The van der Waals surface area contributed by atoms with Crippen LogP contribution in [0.2, 0.25) is 0 Å². The fourth-order valence-electron chi connectivity index (χ4n) is 1.03. The van der Waals surface area contributed by atoms with Crippen molar-refractivity contribution in [2.45, 2.75) is 12.5 Å². The zero-order chi connectivity index (χ0) is 10.4. The molecule has 5 heteroatoms. The van der Waals surface area contributed by atoms with Gasteiger partial charge in [-0.3, -0.25) is 4.79 Å². The van der Waals surface area contributed by atoms with E-state index in [1.54, 1.807) is 18.6 Å². The highest BCUT2D eigenvalue weighted by molar-refractivity contribution is 5.81. The van der Waals surface area contributed by atoms with Gasteiger partial charge < -0.3 is 16.0 Å². The summed E-state index contributed by atoms with van der Waals surface area (Å²) in [6.07, 6.45) is 5.29. The van der Waals surface area contributed by atoms with Gasteiger partial charge in [-0.2, -0.15) is 0 Å². The Morgan fingerprint density at radius 1 is 1.86 bits per heavy atom. The molecule has 14 heavy (non-hydrogen) atoms. The minimum absolute atomic E-state index is 0.181. The molecule has 0 aliphatic heterocycles. The molecule has 1 amide bonds. The molecule has 0 fully saturated rings. The van der Waals surface area contributed by atoms with Crippen LogP contribution in [-0.4, -0.2) is 28.5 Å². The van der Waals surface area contributed by atoms with E-state index >= 15 is 0 Å². The molecule has 0 spiro atoms. The van der Waals surface area contributed by atoms with Crippen molar-refractivity contribution in [1.29, 1.82) is 0 Å². The highest BCUT2D eigenvalue weighted by atomic mass is 16.2. The predicted molar refractivity (Wildman–Crippen MR) is 53.5 cm³/mol. The van der Waals surface area contributed by atoms with Crippen LogP contribution < -0.4 is 11.1 Å². The topological polar surface area (TPSA) is 83.8 Å². The van der Waals surface area contributed by atoms with Crippen molar-refractivity contribution in [3.8, 4) is 0 Å².